The number of nitrogens with zero attached hydrogens (tertiary/aromatic N) is 3. The first kappa shape index (κ1) is 18.2. The summed E-state index contributed by atoms with van der Waals surface area (Å²) < 4.78 is 5.42. The van der Waals surface area contributed by atoms with Crippen LogP contribution in [0.1, 0.15) is 32.8 Å². The first-order valence-electron chi connectivity index (χ1n) is 8.03. The Morgan fingerprint density at radius 3 is 2.68 bits per heavy atom. The molecule has 0 aliphatic carbocycles. The minimum atomic E-state index is -0.532. The zero-order chi connectivity index (χ0) is 18.4. The number of anilines is 1. The largest absolute Gasteiger partial charge is 0.422 e. The molecule has 25 heavy (non-hydrogen) atoms. The van der Waals surface area contributed by atoms with Gasteiger partial charge in [0.1, 0.15) is 12.0 Å². The van der Waals surface area contributed by atoms with Crippen LogP contribution in [0.3, 0.4) is 0 Å². The summed E-state index contributed by atoms with van der Waals surface area (Å²) in [6, 6.07) is 9.11. The number of nitrogens with one attached hydrogen (secondary N) is 1. The molecule has 0 fully saturated rings. The molecule has 2 rings (SSSR count). The molecule has 7 heteroatoms. The quantitative estimate of drug-likeness (QED) is 0.494. The third-order valence-corrected chi connectivity index (χ3v) is 3.83. The fourth-order valence-corrected chi connectivity index (χ4v) is 2.46. The Bertz CT molecular complexity index is 905. The molecule has 0 aliphatic heterocycles. The van der Waals surface area contributed by atoms with Gasteiger partial charge in [0.15, 0.2) is 0 Å². The smallest absolute Gasteiger partial charge is 0.345 e. The summed E-state index contributed by atoms with van der Waals surface area (Å²) in [5.74, 6) is -0.532. The van der Waals surface area contributed by atoms with Crippen molar-refractivity contribution in [1.82, 2.24) is 5.43 Å². The van der Waals surface area contributed by atoms with Crippen molar-refractivity contribution in [3.63, 3.8) is 0 Å². The summed E-state index contributed by atoms with van der Waals surface area (Å²) in [6.07, 6.45) is -0.294. The van der Waals surface area contributed by atoms with Crippen LogP contribution in [0.15, 0.2) is 38.6 Å². The molecule has 130 valence electrons. The van der Waals surface area contributed by atoms with E-state index < -0.39 is 11.5 Å². The van der Waals surface area contributed by atoms with Crippen LogP contribution in [0.4, 0.5) is 5.69 Å². The van der Waals surface area contributed by atoms with Gasteiger partial charge in [0.2, 0.25) is 0 Å². The molecule has 1 N–H and O–H groups in total. The van der Waals surface area contributed by atoms with Crippen LogP contribution < -0.4 is 16.0 Å². The highest BCUT2D eigenvalue weighted by molar-refractivity contribution is 6.01. The number of amides is 1. The minimum absolute atomic E-state index is 0.264. The normalized spacial score (nSPS) is 11.2. The number of hydrazone groups is 1. The predicted octanol–water partition coefficient (Wildman–Crippen LogP) is 2.39. The van der Waals surface area contributed by atoms with Gasteiger partial charge in [-0.05, 0) is 39.0 Å². The lowest BCUT2D eigenvalue weighted by atomic mass is 10.1. The second-order valence-corrected chi connectivity index (χ2v) is 5.41. The molecule has 0 atom stereocenters. The molecular weight excluding hydrogens is 320 g/mol. The molecule has 1 amide bonds. The van der Waals surface area contributed by atoms with Crippen LogP contribution in [0, 0.1) is 11.3 Å². The van der Waals surface area contributed by atoms with Gasteiger partial charge in [0.25, 0.3) is 5.91 Å². The van der Waals surface area contributed by atoms with Gasteiger partial charge in [-0.25, -0.2) is 10.2 Å². The second-order valence-electron chi connectivity index (χ2n) is 5.41. The second kappa shape index (κ2) is 8.11. The van der Waals surface area contributed by atoms with Crippen molar-refractivity contribution in [2.45, 2.75) is 27.2 Å². The van der Waals surface area contributed by atoms with E-state index in [1.165, 1.54) is 0 Å². The average molecular weight is 340 g/mol. The molecule has 2 aromatic rings. The predicted molar refractivity (Wildman–Crippen MR) is 96.6 cm³/mol. The van der Waals surface area contributed by atoms with Crippen LogP contribution in [-0.4, -0.2) is 24.7 Å². The molecule has 0 aliphatic rings. The number of hydrogen-bond donors (Lipinski definition) is 1. The van der Waals surface area contributed by atoms with Crippen molar-refractivity contribution in [3.8, 4) is 6.07 Å². The summed E-state index contributed by atoms with van der Waals surface area (Å²) >= 11 is 0. The molecule has 1 heterocycles. The first-order chi connectivity index (χ1) is 12.0. The van der Waals surface area contributed by atoms with Crippen LogP contribution in [-0.2, 0) is 4.79 Å². The Morgan fingerprint density at radius 1 is 1.32 bits per heavy atom. The Morgan fingerprint density at radius 2 is 2.04 bits per heavy atom. The maximum absolute atomic E-state index is 12.2. The van der Waals surface area contributed by atoms with Crippen molar-refractivity contribution in [3.05, 3.63) is 40.2 Å². The van der Waals surface area contributed by atoms with E-state index in [0.29, 0.717) is 11.3 Å². The van der Waals surface area contributed by atoms with Gasteiger partial charge < -0.3 is 9.32 Å². The molecule has 0 saturated heterocycles. The molecule has 0 unspecified atom stereocenters. The monoisotopic (exact) mass is 340 g/mol. The average Bonchev–Trinajstić information content (AvgIpc) is 2.60. The molecule has 1 aromatic carbocycles. The van der Waals surface area contributed by atoms with Crippen molar-refractivity contribution in [1.29, 1.82) is 5.26 Å². The van der Waals surface area contributed by atoms with Gasteiger partial charge in [-0.15, -0.1) is 0 Å². The van der Waals surface area contributed by atoms with Gasteiger partial charge in [-0.1, -0.05) is 0 Å². The fourth-order valence-electron chi connectivity index (χ4n) is 2.46. The SMILES string of the molecule is CCN(CC)c1ccc2cc(/C(C)=N\NC(=O)CC#N)c(=O)oc2c1. The molecule has 0 spiro atoms. The van der Waals surface area contributed by atoms with Crippen LogP contribution in [0.25, 0.3) is 11.0 Å². The van der Waals surface area contributed by atoms with E-state index in [4.69, 9.17) is 9.68 Å². The molecular formula is C18H20N4O3. The highest BCUT2D eigenvalue weighted by Crippen LogP contribution is 2.22. The number of carbonyl (C=O) groups is 1. The van der Waals surface area contributed by atoms with Gasteiger partial charge >= 0.3 is 5.63 Å². The van der Waals surface area contributed by atoms with E-state index in [9.17, 15) is 9.59 Å². The zero-order valence-corrected chi connectivity index (χ0v) is 14.5. The summed E-state index contributed by atoms with van der Waals surface area (Å²) in [6.45, 7) is 7.44. The third kappa shape index (κ3) is 4.23. The zero-order valence-electron chi connectivity index (χ0n) is 14.5. The first-order valence-corrected chi connectivity index (χ1v) is 8.03. The number of carbonyl (C=O) groups excluding carboxylic acids is 1. The summed E-state index contributed by atoms with van der Waals surface area (Å²) in [7, 11) is 0. The topological polar surface area (TPSA) is 98.7 Å². The lowest BCUT2D eigenvalue weighted by Gasteiger charge is -2.21. The van der Waals surface area contributed by atoms with Crippen LogP contribution in [0.2, 0.25) is 0 Å². The highest BCUT2D eigenvalue weighted by Gasteiger charge is 2.11. The van der Waals surface area contributed by atoms with Gasteiger partial charge in [-0.2, -0.15) is 10.4 Å². The van der Waals surface area contributed by atoms with Gasteiger partial charge in [0.05, 0.1) is 17.3 Å². The Balaban J connectivity index is 2.38. The van der Waals surface area contributed by atoms with E-state index in [2.05, 4.69) is 29.3 Å². The number of hydrogen-bond acceptors (Lipinski definition) is 6. The summed E-state index contributed by atoms with van der Waals surface area (Å²) in [5.41, 5.74) is 3.77. The van der Waals surface area contributed by atoms with Gasteiger partial charge in [-0.3, -0.25) is 4.79 Å². The standard InChI is InChI=1S/C18H20N4O3/c1-4-22(5-2)14-7-6-13-10-15(18(24)25-16(13)11-14)12(3)20-21-17(23)8-9-19/h6-7,10-11H,4-5,8H2,1-3H3,(H,21,23)/b20-12-. The lowest BCUT2D eigenvalue weighted by Crippen LogP contribution is -2.22. The van der Waals surface area contributed by atoms with Crippen LogP contribution >= 0.6 is 0 Å². The van der Waals surface area contributed by atoms with Gasteiger partial charge in [0, 0.05) is 30.2 Å². The van der Waals surface area contributed by atoms with Crippen LogP contribution in [0.5, 0.6) is 0 Å². The van der Waals surface area contributed by atoms with E-state index in [-0.39, 0.29) is 12.0 Å². The number of nitriles is 1. The lowest BCUT2D eigenvalue weighted by molar-refractivity contribution is -0.120. The molecule has 7 nitrogen and oxygen atoms in total. The number of benzene rings is 1. The van der Waals surface area contributed by atoms with Crippen molar-refractivity contribution in [2.75, 3.05) is 18.0 Å². The Labute approximate surface area is 145 Å². The van der Waals surface area contributed by atoms with E-state index in [1.54, 1.807) is 19.1 Å². The van der Waals surface area contributed by atoms with Crippen molar-refractivity contribution >= 4 is 28.3 Å². The number of rotatable bonds is 6. The van der Waals surface area contributed by atoms with Crippen molar-refractivity contribution in [2.24, 2.45) is 5.10 Å². The Kier molecular flexibility index (Phi) is 5.90. The summed E-state index contributed by atoms with van der Waals surface area (Å²) in [4.78, 5) is 25.7. The third-order valence-electron chi connectivity index (χ3n) is 3.83. The molecule has 0 saturated carbocycles. The van der Waals surface area contributed by atoms with E-state index in [1.807, 2.05) is 18.2 Å². The highest BCUT2D eigenvalue weighted by atomic mass is 16.4. The maximum Gasteiger partial charge on any atom is 0.345 e. The van der Waals surface area contributed by atoms with E-state index >= 15 is 0 Å². The number of fused-ring (bicyclic) bond motifs is 1. The molecule has 0 bridgehead atoms. The fraction of sp³-hybridized carbons (Fsp3) is 0.333. The van der Waals surface area contributed by atoms with E-state index in [0.717, 1.165) is 24.2 Å². The minimum Gasteiger partial charge on any atom is -0.422 e. The molecule has 0 radical (unpaired) electrons. The Hall–Kier alpha value is -3.14. The summed E-state index contributed by atoms with van der Waals surface area (Å²) in [5, 5.41) is 13.1. The molecule has 1 aromatic heterocycles. The maximum atomic E-state index is 12.2. The van der Waals surface area contributed by atoms with Crippen molar-refractivity contribution < 1.29 is 9.21 Å².